The first kappa shape index (κ1) is 13.2. The molecule has 1 fully saturated rings. The zero-order chi connectivity index (χ0) is 13.0. The van der Waals surface area contributed by atoms with Crippen molar-refractivity contribution in [3.63, 3.8) is 0 Å². The molecular weight excluding hydrogens is 245 g/mol. The van der Waals surface area contributed by atoms with Crippen LogP contribution < -0.4 is 10.1 Å². The smallest absolute Gasteiger partial charge is 0.405 e. The summed E-state index contributed by atoms with van der Waals surface area (Å²) in [6, 6.07) is 6.29. The summed E-state index contributed by atoms with van der Waals surface area (Å²) in [6.45, 7) is 3.87. The van der Waals surface area contributed by atoms with Gasteiger partial charge >= 0.3 is 6.36 Å². The highest BCUT2D eigenvalue weighted by molar-refractivity contribution is 5.33. The predicted molar refractivity (Wildman–Crippen MR) is 61.3 cm³/mol. The number of nitrogens with zero attached hydrogens (tertiary/aromatic N) is 1. The van der Waals surface area contributed by atoms with Gasteiger partial charge in [-0.05, 0) is 6.07 Å². The highest BCUT2D eigenvalue weighted by Crippen LogP contribution is 2.27. The SMILES string of the molecule is FC(F)(F)Oc1ccccc1CN1CCNCC1. The standard InChI is InChI=1S/C12H15F3N2O/c13-12(14,15)18-11-4-2-1-3-10(11)9-17-7-5-16-6-8-17/h1-4,16H,5-9H2. The van der Waals surface area contributed by atoms with E-state index in [1.807, 2.05) is 0 Å². The number of hydrogen-bond donors (Lipinski definition) is 1. The van der Waals surface area contributed by atoms with Crippen LogP contribution in [-0.4, -0.2) is 37.4 Å². The lowest BCUT2D eigenvalue weighted by atomic mass is 10.2. The van der Waals surface area contributed by atoms with Crippen molar-refractivity contribution < 1.29 is 17.9 Å². The van der Waals surface area contributed by atoms with Crippen LogP contribution >= 0.6 is 0 Å². The van der Waals surface area contributed by atoms with Crippen LogP contribution in [0.3, 0.4) is 0 Å². The van der Waals surface area contributed by atoms with Crippen LogP contribution in [0.5, 0.6) is 5.75 Å². The molecule has 0 aromatic heterocycles. The Morgan fingerprint density at radius 2 is 1.83 bits per heavy atom. The molecule has 1 aromatic rings. The van der Waals surface area contributed by atoms with Gasteiger partial charge < -0.3 is 10.1 Å². The Kier molecular flexibility index (Phi) is 4.08. The van der Waals surface area contributed by atoms with Crippen molar-refractivity contribution in [1.82, 2.24) is 10.2 Å². The van der Waals surface area contributed by atoms with Crippen LogP contribution in [0, 0.1) is 0 Å². The highest BCUT2D eigenvalue weighted by atomic mass is 19.4. The van der Waals surface area contributed by atoms with Gasteiger partial charge in [-0.25, -0.2) is 0 Å². The van der Waals surface area contributed by atoms with Gasteiger partial charge in [-0.1, -0.05) is 18.2 Å². The average molecular weight is 260 g/mol. The number of nitrogens with one attached hydrogen (secondary N) is 1. The van der Waals surface area contributed by atoms with Crippen LogP contribution in [0.1, 0.15) is 5.56 Å². The normalized spacial score (nSPS) is 17.7. The van der Waals surface area contributed by atoms with Gasteiger partial charge in [-0.3, -0.25) is 4.90 Å². The summed E-state index contributed by atoms with van der Waals surface area (Å²) in [5.74, 6) is -0.108. The maximum absolute atomic E-state index is 12.3. The summed E-state index contributed by atoms with van der Waals surface area (Å²) >= 11 is 0. The summed E-state index contributed by atoms with van der Waals surface area (Å²) < 4.78 is 40.8. The van der Waals surface area contributed by atoms with E-state index >= 15 is 0 Å². The molecule has 1 saturated heterocycles. The van der Waals surface area contributed by atoms with Crippen molar-refractivity contribution in [2.45, 2.75) is 12.9 Å². The summed E-state index contributed by atoms with van der Waals surface area (Å²) in [5, 5.41) is 3.20. The van der Waals surface area contributed by atoms with E-state index in [-0.39, 0.29) is 5.75 Å². The Balaban J connectivity index is 2.06. The average Bonchev–Trinajstić information content (AvgIpc) is 2.31. The number of piperazine rings is 1. The van der Waals surface area contributed by atoms with Crippen LogP contribution in [0.4, 0.5) is 13.2 Å². The Morgan fingerprint density at radius 3 is 2.50 bits per heavy atom. The fourth-order valence-corrected chi connectivity index (χ4v) is 1.97. The van der Waals surface area contributed by atoms with Gasteiger partial charge in [-0.2, -0.15) is 0 Å². The van der Waals surface area contributed by atoms with Gasteiger partial charge in [0.25, 0.3) is 0 Å². The molecule has 0 saturated carbocycles. The highest BCUT2D eigenvalue weighted by Gasteiger charge is 2.32. The van der Waals surface area contributed by atoms with Crippen molar-refractivity contribution in [3.05, 3.63) is 29.8 Å². The summed E-state index contributed by atoms with van der Waals surface area (Å²) in [7, 11) is 0. The number of hydrogen-bond acceptors (Lipinski definition) is 3. The Hall–Kier alpha value is -1.27. The minimum Gasteiger partial charge on any atom is -0.405 e. The van der Waals surface area contributed by atoms with Crippen LogP contribution in [0.15, 0.2) is 24.3 Å². The van der Waals surface area contributed by atoms with Crippen LogP contribution in [-0.2, 0) is 6.54 Å². The summed E-state index contributed by atoms with van der Waals surface area (Å²) in [6.07, 6.45) is -4.64. The lowest BCUT2D eigenvalue weighted by molar-refractivity contribution is -0.275. The molecule has 100 valence electrons. The molecule has 0 unspecified atom stereocenters. The number of ether oxygens (including phenoxy) is 1. The van der Waals surface area contributed by atoms with Gasteiger partial charge in [0, 0.05) is 38.3 Å². The van der Waals surface area contributed by atoms with E-state index in [1.54, 1.807) is 18.2 Å². The molecule has 1 aliphatic heterocycles. The first-order valence-electron chi connectivity index (χ1n) is 5.81. The van der Waals surface area contributed by atoms with Gasteiger partial charge in [0.05, 0.1) is 0 Å². The number of para-hydroxylation sites is 1. The summed E-state index contributed by atoms with van der Waals surface area (Å²) in [4.78, 5) is 2.11. The minimum atomic E-state index is -4.64. The Bertz CT molecular complexity index is 389. The van der Waals surface area contributed by atoms with E-state index in [9.17, 15) is 13.2 Å². The lowest BCUT2D eigenvalue weighted by Gasteiger charge is -2.27. The van der Waals surface area contributed by atoms with Gasteiger partial charge in [0.2, 0.25) is 0 Å². The molecule has 1 aliphatic rings. The molecule has 1 heterocycles. The Labute approximate surface area is 104 Å². The van der Waals surface area contributed by atoms with E-state index in [0.717, 1.165) is 26.2 Å². The maximum Gasteiger partial charge on any atom is 0.573 e. The molecule has 1 aromatic carbocycles. The Morgan fingerprint density at radius 1 is 1.17 bits per heavy atom. The second-order valence-electron chi connectivity index (χ2n) is 4.18. The molecule has 0 spiro atoms. The van der Waals surface area contributed by atoms with Gasteiger partial charge in [0.15, 0.2) is 0 Å². The third kappa shape index (κ3) is 3.89. The summed E-state index contributed by atoms with van der Waals surface area (Å²) in [5.41, 5.74) is 0.566. The first-order valence-corrected chi connectivity index (χ1v) is 5.81. The zero-order valence-electron chi connectivity index (χ0n) is 9.83. The van der Waals surface area contributed by atoms with Crippen molar-refractivity contribution >= 4 is 0 Å². The molecule has 0 aliphatic carbocycles. The largest absolute Gasteiger partial charge is 0.573 e. The fourth-order valence-electron chi connectivity index (χ4n) is 1.97. The van der Waals surface area contributed by atoms with Gasteiger partial charge in [-0.15, -0.1) is 13.2 Å². The molecule has 1 N–H and O–H groups in total. The third-order valence-corrected chi connectivity index (χ3v) is 2.80. The predicted octanol–water partition coefficient (Wildman–Crippen LogP) is 1.99. The molecule has 0 atom stereocenters. The second-order valence-corrected chi connectivity index (χ2v) is 4.18. The molecule has 3 nitrogen and oxygen atoms in total. The van der Waals surface area contributed by atoms with Gasteiger partial charge in [0.1, 0.15) is 5.75 Å². The first-order chi connectivity index (χ1) is 8.54. The van der Waals surface area contributed by atoms with Crippen molar-refractivity contribution in [1.29, 1.82) is 0 Å². The minimum absolute atomic E-state index is 0.108. The zero-order valence-corrected chi connectivity index (χ0v) is 9.83. The fraction of sp³-hybridized carbons (Fsp3) is 0.500. The van der Waals surface area contributed by atoms with E-state index in [1.165, 1.54) is 6.07 Å². The van der Waals surface area contributed by atoms with Crippen molar-refractivity contribution in [2.24, 2.45) is 0 Å². The molecule has 6 heteroatoms. The maximum atomic E-state index is 12.3. The molecular formula is C12H15F3N2O. The van der Waals surface area contributed by atoms with Crippen molar-refractivity contribution in [3.8, 4) is 5.75 Å². The molecule has 0 bridgehead atoms. The molecule has 0 radical (unpaired) electrons. The number of halogens is 3. The molecule has 18 heavy (non-hydrogen) atoms. The van der Waals surface area contributed by atoms with Crippen LogP contribution in [0.25, 0.3) is 0 Å². The molecule has 2 rings (SSSR count). The number of rotatable bonds is 3. The number of alkyl halides is 3. The second kappa shape index (κ2) is 5.58. The molecule has 0 amide bonds. The van der Waals surface area contributed by atoms with Crippen molar-refractivity contribution in [2.75, 3.05) is 26.2 Å². The van der Waals surface area contributed by atoms with E-state index in [4.69, 9.17) is 0 Å². The van der Waals surface area contributed by atoms with E-state index in [0.29, 0.717) is 12.1 Å². The van der Waals surface area contributed by atoms with E-state index < -0.39 is 6.36 Å². The quantitative estimate of drug-likeness (QED) is 0.899. The number of benzene rings is 1. The third-order valence-electron chi connectivity index (χ3n) is 2.80. The monoisotopic (exact) mass is 260 g/mol. The van der Waals surface area contributed by atoms with Crippen LogP contribution in [0.2, 0.25) is 0 Å². The topological polar surface area (TPSA) is 24.5 Å². The van der Waals surface area contributed by atoms with E-state index in [2.05, 4.69) is 15.0 Å². The lowest BCUT2D eigenvalue weighted by Crippen LogP contribution is -2.43.